The fourth-order valence-electron chi connectivity index (χ4n) is 2.74. The van der Waals surface area contributed by atoms with Crippen LogP contribution < -0.4 is 10.1 Å². The van der Waals surface area contributed by atoms with Crippen LogP contribution >= 0.6 is 0 Å². The topological polar surface area (TPSA) is 56.2 Å². The summed E-state index contributed by atoms with van der Waals surface area (Å²) in [5.41, 5.74) is 4.46. The standard InChI is InChI=1S/C20H21N3O2/c1-4-21-20(24)23-19(17-11-6-5-8-14(17)2)13-18(22-23)15-9-7-10-16(12-15)25-3/h5-13H,4H2,1-3H3,(H,21,24). The number of hydrogen-bond acceptors (Lipinski definition) is 3. The van der Waals surface area contributed by atoms with Crippen molar-refractivity contribution >= 4 is 6.03 Å². The lowest BCUT2D eigenvalue weighted by atomic mass is 10.0. The van der Waals surface area contributed by atoms with Crippen LogP contribution in [0.15, 0.2) is 54.6 Å². The number of benzene rings is 2. The van der Waals surface area contributed by atoms with E-state index in [9.17, 15) is 4.79 Å². The van der Waals surface area contributed by atoms with Crippen molar-refractivity contribution in [2.75, 3.05) is 13.7 Å². The molecule has 128 valence electrons. The molecule has 0 spiro atoms. The summed E-state index contributed by atoms with van der Waals surface area (Å²) in [5.74, 6) is 0.752. The van der Waals surface area contributed by atoms with E-state index in [0.29, 0.717) is 6.54 Å². The fourth-order valence-corrected chi connectivity index (χ4v) is 2.74. The number of methoxy groups -OCH3 is 1. The Morgan fingerprint density at radius 1 is 1.16 bits per heavy atom. The molecule has 0 aliphatic heterocycles. The monoisotopic (exact) mass is 335 g/mol. The summed E-state index contributed by atoms with van der Waals surface area (Å²) in [5, 5.41) is 7.36. The van der Waals surface area contributed by atoms with Crippen LogP contribution in [0.3, 0.4) is 0 Å². The van der Waals surface area contributed by atoms with Gasteiger partial charge in [-0.05, 0) is 37.6 Å². The van der Waals surface area contributed by atoms with Crippen molar-refractivity contribution in [2.24, 2.45) is 0 Å². The largest absolute Gasteiger partial charge is 0.497 e. The minimum atomic E-state index is -0.241. The number of hydrogen-bond donors (Lipinski definition) is 1. The molecule has 0 unspecified atom stereocenters. The van der Waals surface area contributed by atoms with Crippen LogP contribution in [0, 0.1) is 6.92 Å². The third-order valence-electron chi connectivity index (χ3n) is 4.02. The van der Waals surface area contributed by atoms with Crippen LogP contribution in [-0.2, 0) is 0 Å². The van der Waals surface area contributed by atoms with E-state index < -0.39 is 0 Å². The Morgan fingerprint density at radius 3 is 2.68 bits per heavy atom. The Morgan fingerprint density at radius 2 is 1.96 bits per heavy atom. The molecular formula is C20H21N3O2. The van der Waals surface area contributed by atoms with Gasteiger partial charge >= 0.3 is 6.03 Å². The molecule has 0 radical (unpaired) electrons. The molecule has 0 fully saturated rings. The first kappa shape index (κ1) is 16.8. The van der Waals surface area contributed by atoms with Gasteiger partial charge in [0.2, 0.25) is 0 Å². The van der Waals surface area contributed by atoms with Gasteiger partial charge in [-0.1, -0.05) is 36.4 Å². The van der Waals surface area contributed by atoms with Gasteiger partial charge in [0, 0.05) is 17.7 Å². The van der Waals surface area contributed by atoms with Gasteiger partial charge in [-0.2, -0.15) is 9.78 Å². The third kappa shape index (κ3) is 3.40. The van der Waals surface area contributed by atoms with E-state index in [1.807, 2.05) is 68.4 Å². The maximum absolute atomic E-state index is 12.5. The molecule has 0 saturated heterocycles. The molecule has 2 aromatic carbocycles. The smallest absolute Gasteiger partial charge is 0.342 e. The van der Waals surface area contributed by atoms with E-state index in [2.05, 4.69) is 10.4 Å². The van der Waals surface area contributed by atoms with Gasteiger partial charge in [-0.15, -0.1) is 0 Å². The van der Waals surface area contributed by atoms with Crippen LogP contribution in [0.4, 0.5) is 4.79 Å². The highest BCUT2D eigenvalue weighted by molar-refractivity contribution is 5.84. The molecule has 5 heteroatoms. The first-order chi connectivity index (χ1) is 12.1. The molecule has 0 bridgehead atoms. The zero-order valence-corrected chi connectivity index (χ0v) is 14.6. The average molecular weight is 335 g/mol. The Labute approximate surface area is 147 Å². The van der Waals surface area contributed by atoms with Crippen molar-refractivity contribution in [1.29, 1.82) is 0 Å². The van der Waals surface area contributed by atoms with Crippen molar-refractivity contribution in [3.8, 4) is 28.3 Å². The van der Waals surface area contributed by atoms with Gasteiger partial charge in [-0.25, -0.2) is 4.79 Å². The number of ether oxygens (including phenoxy) is 1. The molecule has 0 aliphatic rings. The van der Waals surface area contributed by atoms with Crippen LogP contribution in [0.5, 0.6) is 5.75 Å². The zero-order valence-electron chi connectivity index (χ0n) is 14.6. The quantitative estimate of drug-likeness (QED) is 0.780. The minimum Gasteiger partial charge on any atom is -0.497 e. The van der Waals surface area contributed by atoms with E-state index in [1.165, 1.54) is 4.68 Å². The molecule has 0 aliphatic carbocycles. The van der Waals surface area contributed by atoms with Crippen molar-refractivity contribution < 1.29 is 9.53 Å². The van der Waals surface area contributed by atoms with Crippen molar-refractivity contribution in [3.05, 3.63) is 60.2 Å². The van der Waals surface area contributed by atoms with Gasteiger partial charge < -0.3 is 10.1 Å². The predicted octanol–water partition coefficient (Wildman–Crippen LogP) is 4.11. The second kappa shape index (κ2) is 7.21. The lowest BCUT2D eigenvalue weighted by molar-refractivity contribution is 0.240. The number of carbonyl (C=O) groups is 1. The minimum absolute atomic E-state index is 0.241. The van der Waals surface area contributed by atoms with Crippen LogP contribution in [0.25, 0.3) is 22.5 Å². The number of amides is 1. The summed E-state index contributed by atoms with van der Waals surface area (Å²) in [6.45, 7) is 4.45. The Kier molecular flexibility index (Phi) is 4.84. The predicted molar refractivity (Wildman–Crippen MR) is 98.9 cm³/mol. The van der Waals surface area contributed by atoms with Crippen LogP contribution in [-0.4, -0.2) is 29.5 Å². The summed E-state index contributed by atoms with van der Waals surface area (Å²) < 4.78 is 6.72. The van der Waals surface area contributed by atoms with Gasteiger partial charge in [-0.3, -0.25) is 0 Å². The fraction of sp³-hybridized carbons (Fsp3) is 0.200. The molecule has 1 amide bonds. The number of rotatable bonds is 4. The first-order valence-corrected chi connectivity index (χ1v) is 8.22. The number of aryl methyl sites for hydroxylation is 1. The molecule has 5 nitrogen and oxygen atoms in total. The number of nitrogens with one attached hydrogen (secondary N) is 1. The molecule has 1 N–H and O–H groups in total. The van der Waals surface area contributed by atoms with E-state index >= 15 is 0 Å². The van der Waals surface area contributed by atoms with E-state index in [4.69, 9.17) is 4.74 Å². The summed E-state index contributed by atoms with van der Waals surface area (Å²) in [4.78, 5) is 12.5. The Hall–Kier alpha value is -3.08. The molecule has 1 heterocycles. The number of aromatic nitrogens is 2. The molecular weight excluding hydrogens is 314 g/mol. The maximum atomic E-state index is 12.5. The van der Waals surface area contributed by atoms with Gasteiger partial charge in [0.15, 0.2) is 0 Å². The van der Waals surface area contributed by atoms with Gasteiger partial charge in [0.25, 0.3) is 0 Å². The Balaban J connectivity index is 2.15. The second-order valence-corrected chi connectivity index (χ2v) is 5.71. The van der Waals surface area contributed by atoms with Crippen molar-refractivity contribution in [1.82, 2.24) is 15.1 Å². The highest BCUT2D eigenvalue weighted by Crippen LogP contribution is 2.29. The van der Waals surface area contributed by atoms with Crippen molar-refractivity contribution in [2.45, 2.75) is 13.8 Å². The molecule has 3 rings (SSSR count). The molecule has 25 heavy (non-hydrogen) atoms. The second-order valence-electron chi connectivity index (χ2n) is 5.71. The van der Waals surface area contributed by atoms with Gasteiger partial charge in [0.1, 0.15) is 5.75 Å². The lowest BCUT2D eigenvalue weighted by Crippen LogP contribution is -2.29. The maximum Gasteiger partial charge on any atom is 0.342 e. The summed E-state index contributed by atoms with van der Waals surface area (Å²) in [6.07, 6.45) is 0. The van der Waals surface area contributed by atoms with Crippen LogP contribution in [0.1, 0.15) is 12.5 Å². The first-order valence-electron chi connectivity index (χ1n) is 8.22. The SMILES string of the molecule is CCNC(=O)n1nc(-c2cccc(OC)c2)cc1-c1ccccc1C. The van der Waals surface area contributed by atoms with E-state index in [-0.39, 0.29) is 6.03 Å². The van der Waals surface area contributed by atoms with Crippen molar-refractivity contribution in [3.63, 3.8) is 0 Å². The molecule has 3 aromatic rings. The average Bonchev–Trinajstić information content (AvgIpc) is 3.07. The normalized spacial score (nSPS) is 10.5. The number of nitrogens with zero attached hydrogens (tertiary/aromatic N) is 2. The number of carbonyl (C=O) groups excluding carboxylic acids is 1. The summed E-state index contributed by atoms with van der Waals surface area (Å²) >= 11 is 0. The Bertz CT molecular complexity index is 899. The molecule has 0 saturated carbocycles. The van der Waals surface area contributed by atoms with E-state index in [0.717, 1.165) is 33.8 Å². The molecule has 0 atom stereocenters. The summed E-state index contributed by atoms with van der Waals surface area (Å²) in [7, 11) is 1.63. The van der Waals surface area contributed by atoms with E-state index in [1.54, 1.807) is 7.11 Å². The highest BCUT2D eigenvalue weighted by Gasteiger charge is 2.17. The van der Waals surface area contributed by atoms with Gasteiger partial charge in [0.05, 0.1) is 18.5 Å². The lowest BCUT2D eigenvalue weighted by Gasteiger charge is -2.08. The highest BCUT2D eigenvalue weighted by atomic mass is 16.5. The van der Waals surface area contributed by atoms with Crippen LogP contribution in [0.2, 0.25) is 0 Å². The molecule has 1 aromatic heterocycles. The zero-order chi connectivity index (χ0) is 17.8. The third-order valence-corrected chi connectivity index (χ3v) is 4.02. The summed E-state index contributed by atoms with van der Waals surface area (Å²) in [6, 6.07) is 17.3.